The highest BCUT2D eigenvalue weighted by Gasteiger charge is 2.21. The molecule has 1 aromatic carbocycles. The smallest absolute Gasteiger partial charge is 0.255 e. The maximum Gasteiger partial charge on any atom is 0.255 e. The van der Waals surface area contributed by atoms with Crippen molar-refractivity contribution in [3.63, 3.8) is 0 Å². The van der Waals surface area contributed by atoms with Gasteiger partial charge in [-0.25, -0.2) is 0 Å². The Morgan fingerprint density at radius 2 is 2.13 bits per heavy atom. The van der Waals surface area contributed by atoms with E-state index in [4.69, 9.17) is 15.2 Å². The van der Waals surface area contributed by atoms with Crippen LogP contribution < -0.4 is 10.5 Å². The molecule has 23 heavy (non-hydrogen) atoms. The molecule has 2 amide bonds. The van der Waals surface area contributed by atoms with Crippen molar-refractivity contribution in [2.45, 2.75) is 19.4 Å². The summed E-state index contributed by atoms with van der Waals surface area (Å²) in [6, 6.07) is 7.09. The summed E-state index contributed by atoms with van der Waals surface area (Å²) in [5, 5.41) is 0. The van der Waals surface area contributed by atoms with E-state index in [0.29, 0.717) is 25.4 Å². The number of nitrogens with two attached hydrogens (primary N) is 1. The first-order chi connectivity index (χ1) is 11.1. The molecule has 0 aliphatic carbocycles. The van der Waals surface area contributed by atoms with E-state index in [9.17, 15) is 9.59 Å². The SMILES string of the molecule is CCC1CN(C(=O)/C=C/c2ccc(OCC(N)=O)cc2)CCO1. The van der Waals surface area contributed by atoms with Crippen LogP contribution in [0.5, 0.6) is 5.75 Å². The van der Waals surface area contributed by atoms with Crippen molar-refractivity contribution in [2.24, 2.45) is 5.73 Å². The lowest BCUT2D eigenvalue weighted by Gasteiger charge is -2.31. The average Bonchev–Trinajstić information content (AvgIpc) is 2.58. The van der Waals surface area contributed by atoms with E-state index < -0.39 is 5.91 Å². The number of morpholine rings is 1. The van der Waals surface area contributed by atoms with Crippen LogP contribution in [0.15, 0.2) is 30.3 Å². The predicted octanol–water partition coefficient (Wildman–Crippen LogP) is 1.20. The van der Waals surface area contributed by atoms with Gasteiger partial charge in [0.2, 0.25) is 5.91 Å². The van der Waals surface area contributed by atoms with Crippen LogP contribution in [0.2, 0.25) is 0 Å². The minimum absolute atomic E-state index is 0.0131. The van der Waals surface area contributed by atoms with Crippen molar-refractivity contribution >= 4 is 17.9 Å². The average molecular weight is 318 g/mol. The molecule has 1 aromatic rings. The number of rotatable bonds is 6. The topological polar surface area (TPSA) is 81.9 Å². The van der Waals surface area contributed by atoms with Crippen LogP contribution in [0.25, 0.3) is 6.08 Å². The molecule has 6 nitrogen and oxygen atoms in total. The molecule has 1 heterocycles. The molecular formula is C17H22N2O4. The molecule has 1 fully saturated rings. The third-order valence-corrected chi connectivity index (χ3v) is 3.59. The van der Waals surface area contributed by atoms with Gasteiger partial charge in [-0.1, -0.05) is 19.1 Å². The van der Waals surface area contributed by atoms with Gasteiger partial charge in [0.1, 0.15) is 5.75 Å². The fraction of sp³-hybridized carbons (Fsp3) is 0.412. The van der Waals surface area contributed by atoms with Crippen molar-refractivity contribution in [1.29, 1.82) is 0 Å². The maximum atomic E-state index is 12.2. The molecular weight excluding hydrogens is 296 g/mol. The Kier molecular flexibility index (Phi) is 6.17. The van der Waals surface area contributed by atoms with Gasteiger partial charge in [-0.15, -0.1) is 0 Å². The third kappa shape index (κ3) is 5.41. The number of nitrogens with zero attached hydrogens (tertiary/aromatic N) is 1. The zero-order chi connectivity index (χ0) is 16.7. The van der Waals surface area contributed by atoms with Crippen LogP contribution >= 0.6 is 0 Å². The molecule has 0 bridgehead atoms. The molecule has 0 saturated carbocycles. The number of amides is 2. The fourth-order valence-corrected chi connectivity index (χ4v) is 2.27. The maximum absolute atomic E-state index is 12.2. The second-order valence-corrected chi connectivity index (χ2v) is 5.34. The van der Waals surface area contributed by atoms with Crippen LogP contribution in [0, 0.1) is 0 Å². The van der Waals surface area contributed by atoms with Crippen LogP contribution in [0.3, 0.4) is 0 Å². The molecule has 6 heteroatoms. The van der Waals surface area contributed by atoms with Gasteiger partial charge in [-0.05, 0) is 30.2 Å². The van der Waals surface area contributed by atoms with Gasteiger partial charge < -0.3 is 20.1 Å². The van der Waals surface area contributed by atoms with Crippen molar-refractivity contribution in [1.82, 2.24) is 4.90 Å². The second kappa shape index (κ2) is 8.33. The van der Waals surface area contributed by atoms with Gasteiger partial charge in [0, 0.05) is 19.2 Å². The minimum atomic E-state index is -0.518. The Balaban J connectivity index is 1.89. The first-order valence-corrected chi connectivity index (χ1v) is 7.68. The van der Waals surface area contributed by atoms with Gasteiger partial charge in [-0.3, -0.25) is 9.59 Å². The highest BCUT2D eigenvalue weighted by Crippen LogP contribution is 2.14. The number of primary amides is 1. The Morgan fingerprint density at radius 3 is 2.78 bits per heavy atom. The highest BCUT2D eigenvalue weighted by molar-refractivity contribution is 5.91. The Bertz CT molecular complexity index is 568. The molecule has 1 unspecified atom stereocenters. The summed E-state index contributed by atoms with van der Waals surface area (Å²) < 4.78 is 10.7. The van der Waals surface area contributed by atoms with E-state index in [1.54, 1.807) is 29.2 Å². The summed E-state index contributed by atoms with van der Waals surface area (Å²) in [5.41, 5.74) is 5.90. The van der Waals surface area contributed by atoms with Crippen molar-refractivity contribution in [2.75, 3.05) is 26.3 Å². The molecule has 2 N–H and O–H groups in total. The van der Waals surface area contributed by atoms with E-state index in [1.807, 2.05) is 12.1 Å². The van der Waals surface area contributed by atoms with Crippen LogP contribution in [-0.4, -0.2) is 49.1 Å². The molecule has 1 saturated heterocycles. The van der Waals surface area contributed by atoms with E-state index in [-0.39, 0.29) is 18.6 Å². The zero-order valence-corrected chi connectivity index (χ0v) is 13.2. The number of carbonyl (C=O) groups is 2. The lowest BCUT2D eigenvalue weighted by atomic mass is 10.2. The monoisotopic (exact) mass is 318 g/mol. The molecule has 2 rings (SSSR count). The third-order valence-electron chi connectivity index (χ3n) is 3.59. The molecule has 1 atom stereocenters. The van der Waals surface area contributed by atoms with Gasteiger partial charge >= 0.3 is 0 Å². The van der Waals surface area contributed by atoms with Crippen molar-refractivity contribution < 1.29 is 19.1 Å². The molecule has 0 radical (unpaired) electrons. The van der Waals surface area contributed by atoms with Gasteiger partial charge in [0.25, 0.3) is 5.91 Å². The van der Waals surface area contributed by atoms with Crippen molar-refractivity contribution in [3.05, 3.63) is 35.9 Å². The molecule has 0 aromatic heterocycles. The lowest BCUT2D eigenvalue weighted by molar-refractivity contribution is -0.133. The summed E-state index contributed by atoms with van der Waals surface area (Å²) in [5.74, 6) is 0.0301. The Labute approximate surface area is 135 Å². The predicted molar refractivity (Wildman–Crippen MR) is 86.8 cm³/mol. The zero-order valence-electron chi connectivity index (χ0n) is 13.2. The lowest BCUT2D eigenvalue weighted by Crippen LogP contribution is -2.44. The van der Waals surface area contributed by atoms with Crippen LogP contribution in [-0.2, 0) is 14.3 Å². The molecule has 0 spiro atoms. The number of ether oxygens (including phenoxy) is 2. The summed E-state index contributed by atoms with van der Waals surface area (Å²) in [4.78, 5) is 24.6. The van der Waals surface area contributed by atoms with Crippen molar-refractivity contribution in [3.8, 4) is 5.75 Å². The molecule has 1 aliphatic heterocycles. The molecule has 1 aliphatic rings. The van der Waals surface area contributed by atoms with Gasteiger partial charge in [-0.2, -0.15) is 0 Å². The van der Waals surface area contributed by atoms with E-state index >= 15 is 0 Å². The standard InChI is InChI=1S/C17H22N2O4/c1-2-14-11-19(9-10-22-14)17(21)8-5-13-3-6-15(7-4-13)23-12-16(18)20/h3-8,14H,2,9-12H2,1H3,(H2,18,20)/b8-5+. The number of hydrogen-bond acceptors (Lipinski definition) is 4. The number of hydrogen-bond donors (Lipinski definition) is 1. The Morgan fingerprint density at radius 1 is 1.39 bits per heavy atom. The summed E-state index contributed by atoms with van der Waals surface area (Å²) in [6.07, 6.45) is 4.36. The summed E-state index contributed by atoms with van der Waals surface area (Å²) in [6.45, 7) is 3.75. The largest absolute Gasteiger partial charge is 0.484 e. The van der Waals surface area contributed by atoms with E-state index in [1.165, 1.54) is 0 Å². The van der Waals surface area contributed by atoms with Crippen LogP contribution in [0.4, 0.5) is 0 Å². The Hall–Kier alpha value is -2.34. The number of benzene rings is 1. The highest BCUT2D eigenvalue weighted by atomic mass is 16.5. The first-order valence-electron chi connectivity index (χ1n) is 7.68. The normalized spacial score (nSPS) is 18.1. The summed E-state index contributed by atoms with van der Waals surface area (Å²) >= 11 is 0. The van der Waals surface area contributed by atoms with Crippen LogP contribution in [0.1, 0.15) is 18.9 Å². The fourth-order valence-electron chi connectivity index (χ4n) is 2.27. The van der Waals surface area contributed by atoms with Gasteiger partial charge in [0.05, 0.1) is 12.7 Å². The van der Waals surface area contributed by atoms with Gasteiger partial charge in [0.15, 0.2) is 6.61 Å². The summed E-state index contributed by atoms with van der Waals surface area (Å²) in [7, 11) is 0. The molecule has 124 valence electrons. The second-order valence-electron chi connectivity index (χ2n) is 5.34. The van der Waals surface area contributed by atoms with E-state index in [2.05, 4.69) is 6.92 Å². The first kappa shape index (κ1) is 17.0. The quantitative estimate of drug-likeness (QED) is 0.799. The number of carbonyl (C=O) groups excluding carboxylic acids is 2. The van der Waals surface area contributed by atoms with E-state index in [0.717, 1.165) is 12.0 Å². The minimum Gasteiger partial charge on any atom is -0.484 e.